The third-order valence-electron chi connectivity index (χ3n) is 1.65. The zero-order valence-corrected chi connectivity index (χ0v) is 10.5. The minimum absolute atomic E-state index is 0.282. The predicted octanol–water partition coefficient (Wildman–Crippen LogP) is 1.87. The summed E-state index contributed by atoms with van der Waals surface area (Å²) in [7, 11) is 1.32. The van der Waals surface area contributed by atoms with Crippen molar-refractivity contribution < 1.29 is 9.53 Å². The molecule has 0 radical (unpaired) electrons. The van der Waals surface area contributed by atoms with Gasteiger partial charge in [-0.1, -0.05) is 11.6 Å². The summed E-state index contributed by atoms with van der Waals surface area (Å²) in [5.41, 5.74) is 0. The summed E-state index contributed by atoms with van der Waals surface area (Å²) in [5, 5.41) is 3.13. The van der Waals surface area contributed by atoms with Crippen LogP contribution in [0, 0.1) is 0 Å². The molecule has 0 aliphatic carbocycles. The van der Waals surface area contributed by atoms with Gasteiger partial charge in [-0.05, 0) is 22.9 Å². The first-order valence-corrected chi connectivity index (χ1v) is 5.23. The van der Waals surface area contributed by atoms with Gasteiger partial charge in [-0.15, -0.1) is 0 Å². The Morgan fingerprint density at radius 3 is 2.93 bits per heavy atom. The van der Waals surface area contributed by atoms with Crippen molar-refractivity contribution in [1.82, 2.24) is 9.97 Å². The van der Waals surface area contributed by atoms with Crippen LogP contribution in [0.5, 0.6) is 0 Å². The summed E-state index contributed by atoms with van der Waals surface area (Å²) in [4.78, 5) is 18.8. The fraction of sp³-hybridized carbons (Fsp3) is 0.375. The van der Waals surface area contributed by atoms with Gasteiger partial charge in [-0.2, -0.15) is 0 Å². The second kappa shape index (κ2) is 5.27. The summed E-state index contributed by atoms with van der Waals surface area (Å²) in [6.07, 6.45) is 1.30. The fourth-order valence-electron chi connectivity index (χ4n) is 0.890. The highest BCUT2D eigenvalue weighted by Crippen LogP contribution is 2.26. The maximum Gasteiger partial charge on any atom is 0.328 e. The van der Waals surface area contributed by atoms with Crippen LogP contribution < -0.4 is 5.32 Å². The largest absolute Gasteiger partial charge is 0.467 e. The van der Waals surface area contributed by atoms with Crippen molar-refractivity contribution in [2.75, 3.05) is 12.4 Å². The predicted molar refractivity (Wildman–Crippen MR) is 59.8 cm³/mol. The molecule has 0 fully saturated rings. The summed E-state index contributed by atoms with van der Waals surface area (Å²) in [6.45, 7) is 1.66. The van der Waals surface area contributed by atoms with Crippen LogP contribution in [0.15, 0.2) is 10.8 Å². The lowest BCUT2D eigenvalue weighted by molar-refractivity contribution is -0.141. The molecule has 0 saturated heterocycles. The van der Waals surface area contributed by atoms with E-state index in [1.165, 1.54) is 13.4 Å². The third-order valence-corrected chi connectivity index (χ3v) is 2.92. The van der Waals surface area contributed by atoms with Crippen molar-refractivity contribution >= 4 is 39.3 Å². The van der Waals surface area contributed by atoms with E-state index in [0.29, 0.717) is 10.3 Å². The highest BCUT2D eigenvalue weighted by atomic mass is 79.9. The van der Waals surface area contributed by atoms with Gasteiger partial charge in [0.25, 0.3) is 0 Å². The summed E-state index contributed by atoms with van der Waals surface area (Å²) in [6, 6.07) is -0.503. The molecule has 1 rings (SSSR count). The van der Waals surface area contributed by atoms with Crippen molar-refractivity contribution in [2.45, 2.75) is 13.0 Å². The number of hydrogen-bond donors (Lipinski definition) is 1. The first kappa shape index (κ1) is 12.2. The van der Waals surface area contributed by atoms with Gasteiger partial charge in [-0.25, -0.2) is 14.8 Å². The molecule has 0 amide bonds. The molecule has 0 spiro atoms. The third kappa shape index (κ3) is 3.04. The topological polar surface area (TPSA) is 64.1 Å². The van der Waals surface area contributed by atoms with Gasteiger partial charge < -0.3 is 10.1 Å². The molecule has 0 aliphatic heterocycles. The lowest BCUT2D eigenvalue weighted by Crippen LogP contribution is -2.27. The number of ether oxygens (including phenoxy) is 1. The Morgan fingerprint density at radius 2 is 2.33 bits per heavy atom. The number of methoxy groups -OCH3 is 1. The van der Waals surface area contributed by atoms with Crippen LogP contribution in [0.4, 0.5) is 5.82 Å². The number of nitrogens with zero attached hydrogens (tertiary/aromatic N) is 2. The standard InChI is InChI=1S/C8H9BrClN3O2/c1-4(8(14)15-2)13-7-5(9)6(10)11-3-12-7/h3-4H,1-2H3,(H,11,12,13). The average molecular weight is 295 g/mol. The SMILES string of the molecule is COC(=O)C(C)Nc1ncnc(Cl)c1Br. The molecule has 15 heavy (non-hydrogen) atoms. The molecule has 0 aromatic carbocycles. The van der Waals surface area contributed by atoms with Gasteiger partial charge in [0.1, 0.15) is 23.3 Å². The Balaban J connectivity index is 2.81. The zero-order valence-electron chi connectivity index (χ0n) is 8.12. The van der Waals surface area contributed by atoms with Gasteiger partial charge in [0.05, 0.1) is 11.6 Å². The van der Waals surface area contributed by atoms with E-state index < -0.39 is 6.04 Å². The second-order valence-corrected chi connectivity index (χ2v) is 3.87. The van der Waals surface area contributed by atoms with Gasteiger partial charge in [0, 0.05) is 0 Å². The Kier molecular flexibility index (Phi) is 4.28. The highest BCUT2D eigenvalue weighted by molar-refractivity contribution is 9.10. The number of nitrogens with one attached hydrogen (secondary N) is 1. The first-order chi connectivity index (χ1) is 7.06. The Morgan fingerprint density at radius 1 is 1.67 bits per heavy atom. The van der Waals surface area contributed by atoms with Crippen LogP contribution in [0.2, 0.25) is 5.15 Å². The number of esters is 1. The molecule has 1 heterocycles. The van der Waals surface area contributed by atoms with E-state index in [4.69, 9.17) is 11.6 Å². The molecule has 5 nitrogen and oxygen atoms in total. The van der Waals surface area contributed by atoms with Crippen LogP contribution in [0.1, 0.15) is 6.92 Å². The van der Waals surface area contributed by atoms with E-state index in [-0.39, 0.29) is 11.1 Å². The second-order valence-electron chi connectivity index (χ2n) is 2.72. The lowest BCUT2D eigenvalue weighted by Gasteiger charge is -2.13. The van der Waals surface area contributed by atoms with Crippen molar-refractivity contribution in [3.63, 3.8) is 0 Å². The van der Waals surface area contributed by atoms with Crippen LogP contribution in [-0.4, -0.2) is 29.1 Å². The molecular formula is C8H9BrClN3O2. The Hall–Kier alpha value is -0.880. The van der Waals surface area contributed by atoms with Crippen LogP contribution in [0.25, 0.3) is 0 Å². The molecule has 82 valence electrons. The molecule has 1 N–H and O–H groups in total. The molecule has 0 saturated carbocycles. The van der Waals surface area contributed by atoms with Gasteiger partial charge >= 0.3 is 5.97 Å². The minimum Gasteiger partial charge on any atom is -0.467 e. The van der Waals surface area contributed by atoms with Crippen molar-refractivity contribution in [1.29, 1.82) is 0 Å². The number of hydrogen-bond acceptors (Lipinski definition) is 5. The number of carbonyl (C=O) groups is 1. The van der Waals surface area contributed by atoms with E-state index >= 15 is 0 Å². The van der Waals surface area contributed by atoms with Crippen LogP contribution in [0.3, 0.4) is 0 Å². The average Bonchev–Trinajstić information content (AvgIpc) is 2.23. The number of anilines is 1. The maximum absolute atomic E-state index is 11.1. The monoisotopic (exact) mass is 293 g/mol. The molecule has 1 aromatic rings. The van der Waals surface area contributed by atoms with Crippen molar-refractivity contribution in [3.8, 4) is 0 Å². The van der Waals surface area contributed by atoms with Gasteiger partial charge in [0.2, 0.25) is 0 Å². The molecule has 7 heteroatoms. The Labute approximate surface area is 100 Å². The number of carbonyl (C=O) groups excluding carboxylic acids is 1. The fourth-order valence-corrected chi connectivity index (χ4v) is 1.34. The smallest absolute Gasteiger partial charge is 0.328 e. The molecule has 0 aliphatic rings. The van der Waals surface area contributed by atoms with E-state index in [2.05, 4.69) is 36.0 Å². The molecule has 0 bridgehead atoms. The number of halogens is 2. The number of aromatic nitrogens is 2. The molecule has 1 atom stereocenters. The molecular weight excluding hydrogens is 285 g/mol. The first-order valence-electron chi connectivity index (χ1n) is 4.06. The Bertz CT molecular complexity index is 375. The highest BCUT2D eigenvalue weighted by Gasteiger charge is 2.15. The minimum atomic E-state index is -0.503. The normalized spacial score (nSPS) is 12.0. The van der Waals surface area contributed by atoms with Crippen molar-refractivity contribution in [3.05, 3.63) is 16.0 Å². The van der Waals surface area contributed by atoms with E-state index in [1.807, 2.05) is 0 Å². The van der Waals surface area contributed by atoms with Crippen LogP contribution in [-0.2, 0) is 9.53 Å². The summed E-state index contributed by atoms with van der Waals surface area (Å²) in [5.74, 6) is 0.0736. The summed E-state index contributed by atoms with van der Waals surface area (Å²) < 4.78 is 5.08. The summed E-state index contributed by atoms with van der Waals surface area (Å²) >= 11 is 8.96. The molecule has 1 aromatic heterocycles. The van der Waals surface area contributed by atoms with E-state index in [1.54, 1.807) is 6.92 Å². The van der Waals surface area contributed by atoms with Gasteiger partial charge in [0.15, 0.2) is 0 Å². The molecule has 1 unspecified atom stereocenters. The lowest BCUT2D eigenvalue weighted by atomic mass is 10.3. The van der Waals surface area contributed by atoms with E-state index in [0.717, 1.165) is 0 Å². The zero-order chi connectivity index (χ0) is 11.4. The van der Waals surface area contributed by atoms with E-state index in [9.17, 15) is 4.79 Å². The van der Waals surface area contributed by atoms with Crippen LogP contribution >= 0.6 is 27.5 Å². The van der Waals surface area contributed by atoms with Crippen molar-refractivity contribution in [2.24, 2.45) is 0 Å². The quantitative estimate of drug-likeness (QED) is 0.681. The maximum atomic E-state index is 11.1. The number of rotatable bonds is 3. The van der Waals surface area contributed by atoms with Gasteiger partial charge in [-0.3, -0.25) is 0 Å².